The van der Waals surface area contributed by atoms with Gasteiger partial charge in [-0.15, -0.1) is 0 Å². The van der Waals surface area contributed by atoms with E-state index in [9.17, 15) is 30.0 Å². The summed E-state index contributed by atoms with van der Waals surface area (Å²) in [7, 11) is 0. The third-order valence-corrected chi connectivity index (χ3v) is 15.4. The summed E-state index contributed by atoms with van der Waals surface area (Å²) in [6.07, 6.45) is 41.4. The van der Waals surface area contributed by atoms with Gasteiger partial charge in [-0.3, -0.25) is 19.4 Å². The van der Waals surface area contributed by atoms with Crippen LogP contribution in [0.2, 0.25) is 0 Å². The number of amides is 2. The maximum atomic E-state index is 14.6. The SMILES string of the molecule is CCCCCCCCCCC(O)CN(CC(O)CCCCCCCCCC)C(CCC)C1NC(=O)C(C(CCC)N(CC(O)CCCCCCCCCC)CC(O)CCCCCCCCCC)NC1=O. The van der Waals surface area contributed by atoms with E-state index < -0.39 is 36.5 Å². The van der Waals surface area contributed by atoms with E-state index in [1.165, 1.54) is 154 Å². The Morgan fingerprint density at radius 3 is 0.714 bits per heavy atom. The average molecular weight is 994 g/mol. The van der Waals surface area contributed by atoms with Gasteiger partial charge in [0.1, 0.15) is 12.1 Å². The Hall–Kier alpha value is -1.30. The number of hydrogen-bond donors (Lipinski definition) is 6. The van der Waals surface area contributed by atoms with Gasteiger partial charge in [0, 0.05) is 38.3 Å². The molecule has 8 atom stereocenters. The van der Waals surface area contributed by atoms with Crippen LogP contribution in [0.1, 0.15) is 298 Å². The standard InChI is InChI=1S/C60H120N4O6/c1-7-13-17-21-25-29-33-37-43-51(65)47-63(48-52(66)44-38-34-30-26-22-18-14-8-2)55(41-11-5)57-59(69)62-58(60(70)61-57)56(42-12-6)64(49-53(67)45-39-35-31-27-23-19-15-9-3)50-54(68)46-40-36-32-28-24-20-16-10-4/h51-58,65-68H,7-50H2,1-6H3,(H,61,70)(H,62,69). The topological polar surface area (TPSA) is 146 Å². The average Bonchev–Trinajstić information content (AvgIpc) is 3.33. The Bertz CT molecular complexity index is 1040. The molecule has 1 aliphatic rings. The number of nitrogens with one attached hydrogen (secondary N) is 2. The highest BCUT2D eigenvalue weighted by molar-refractivity contribution is 5.97. The van der Waals surface area contributed by atoms with Crippen molar-refractivity contribution in [3.8, 4) is 0 Å². The Morgan fingerprint density at radius 1 is 0.314 bits per heavy atom. The van der Waals surface area contributed by atoms with Crippen LogP contribution in [-0.4, -0.2) is 117 Å². The van der Waals surface area contributed by atoms with Crippen molar-refractivity contribution < 1.29 is 30.0 Å². The van der Waals surface area contributed by atoms with Crippen LogP contribution in [0.3, 0.4) is 0 Å². The molecule has 6 N–H and O–H groups in total. The van der Waals surface area contributed by atoms with Crippen LogP contribution in [-0.2, 0) is 9.59 Å². The molecule has 1 saturated heterocycles. The first-order valence-corrected chi connectivity index (χ1v) is 30.9. The molecule has 1 aliphatic heterocycles. The van der Waals surface area contributed by atoms with Crippen molar-refractivity contribution in [1.82, 2.24) is 20.4 Å². The fraction of sp³-hybridized carbons (Fsp3) is 0.967. The number of unbranched alkanes of at least 4 members (excludes halogenated alkanes) is 28. The number of aliphatic hydroxyl groups excluding tert-OH is 4. The largest absolute Gasteiger partial charge is 0.392 e. The third kappa shape index (κ3) is 33.5. The van der Waals surface area contributed by atoms with Gasteiger partial charge in [0.25, 0.3) is 0 Å². The van der Waals surface area contributed by atoms with Gasteiger partial charge in [-0.1, -0.05) is 260 Å². The third-order valence-electron chi connectivity index (χ3n) is 15.4. The van der Waals surface area contributed by atoms with E-state index in [0.29, 0.717) is 64.7 Å². The van der Waals surface area contributed by atoms with Gasteiger partial charge < -0.3 is 31.1 Å². The van der Waals surface area contributed by atoms with Crippen molar-refractivity contribution in [2.75, 3.05) is 26.2 Å². The molecular formula is C60H120N4O6. The molecule has 8 unspecified atom stereocenters. The molecule has 416 valence electrons. The first-order valence-electron chi connectivity index (χ1n) is 30.9. The van der Waals surface area contributed by atoms with E-state index in [-0.39, 0.29) is 23.9 Å². The molecule has 0 aromatic rings. The second-order valence-corrected chi connectivity index (χ2v) is 22.3. The van der Waals surface area contributed by atoms with Gasteiger partial charge in [-0.05, 0) is 38.5 Å². The minimum Gasteiger partial charge on any atom is -0.392 e. The summed E-state index contributed by atoms with van der Waals surface area (Å²) in [5.41, 5.74) is 0. The summed E-state index contributed by atoms with van der Waals surface area (Å²) in [4.78, 5) is 33.4. The molecule has 0 saturated carbocycles. The van der Waals surface area contributed by atoms with Crippen LogP contribution in [0.15, 0.2) is 0 Å². The van der Waals surface area contributed by atoms with Gasteiger partial charge in [0.2, 0.25) is 11.8 Å². The monoisotopic (exact) mass is 993 g/mol. The molecule has 1 fully saturated rings. The molecular weight excluding hydrogens is 873 g/mol. The van der Waals surface area contributed by atoms with E-state index in [1.807, 2.05) is 0 Å². The first kappa shape index (κ1) is 66.7. The second-order valence-electron chi connectivity index (χ2n) is 22.3. The summed E-state index contributed by atoms with van der Waals surface area (Å²) in [6.45, 7) is 14.5. The first-order chi connectivity index (χ1) is 34.1. The zero-order chi connectivity index (χ0) is 51.5. The van der Waals surface area contributed by atoms with Crippen molar-refractivity contribution in [3.05, 3.63) is 0 Å². The maximum Gasteiger partial charge on any atom is 0.244 e. The van der Waals surface area contributed by atoms with E-state index in [2.05, 4.69) is 62.0 Å². The predicted molar refractivity (Wildman–Crippen MR) is 297 cm³/mol. The lowest BCUT2D eigenvalue weighted by atomic mass is 9.92. The number of rotatable bonds is 52. The number of carbonyl (C=O) groups is 2. The highest BCUT2D eigenvalue weighted by Crippen LogP contribution is 2.24. The summed E-state index contributed by atoms with van der Waals surface area (Å²) < 4.78 is 0. The summed E-state index contributed by atoms with van der Waals surface area (Å²) in [6, 6.07) is -2.44. The smallest absolute Gasteiger partial charge is 0.244 e. The van der Waals surface area contributed by atoms with Crippen molar-refractivity contribution >= 4 is 11.8 Å². The summed E-state index contributed by atoms with van der Waals surface area (Å²) in [5.74, 6) is -0.466. The van der Waals surface area contributed by atoms with Crippen molar-refractivity contribution in [3.63, 3.8) is 0 Å². The number of hydrogen-bond acceptors (Lipinski definition) is 8. The Kier molecular flexibility index (Phi) is 44.1. The lowest BCUT2D eigenvalue weighted by Gasteiger charge is -2.44. The van der Waals surface area contributed by atoms with Gasteiger partial charge in [-0.2, -0.15) is 0 Å². The van der Waals surface area contributed by atoms with Crippen LogP contribution >= 0.6 is 0 Å². The van der Waals surface area contributed by atoms with E-state index >= 15 is 0 Å². The molecule has 0 spiro atoms. The molecule has 10 nitrogen and oxygen atoms in total. The minimum absolute atomic E-state index is 0.233. The molecule has 1 heterocycles. The fourth-order valence-electron chi connectivity index (χ4n) is 11.1. The van der Waals surface area contributed by atoms with Crippen LogP contribution in [0, 0.1) is 0 Å². The number of nitrogens with zero attached hydrogens (tertiary/aromatic N) is 2. The van der Waals surface area contributed by atoms with Crippen LogP contribution < -0.4 is 10.6 Å². The van der Waals surface area contributed by atoms with E-state index in [1.54, 1.807) is 0 Å². The number of aliphatic hydroxyl groups is 4. The second kappa shape index (κ2) is 46.2. The Labute approximate surface area is 433 Å². The maximum absolute atomic E-state index is 14.6. The van der Waals surface area contributed by atoms with Gasteiger partial charge in [0.15, 0.2) is 0 Å². The van der Waals surface area contributed by atoms with E-state index in [0.717, 1.165) is 64.2 Å². The van der Waals surface area contributed by atoms with Crippen LogP contribution in [0.25, 0.3) is 0 Å². The zero-order valence-electron chi connectivity index (χ0n) is 47.2. The highest BCUT2D eigenvalue weighted by atomic mass is 16.3. The molecule has 10 heteroatoms. The minimum atomic E-state index is -0.829. The lowest BCUT2D eigenvalue weighted by molar-refractivity contribution is -0.141. The van der Waals surface area contributed by atoms with Crippen molar-refractivity contribution in [2.45, 2.75) is 347 Å². The summed E-state index contributed by atoms with van der Waals surface area (Å²) in [5, 5.41) is 52.6. The predicted octanol–water partition coefficient (Wildman–Crippen LogP) is 13.5. The zero-order valence-corrected chi connectivity index (χ0v) is 47.2. The molecule has 2 amide bonds. The van der Waals surface area contributed by atoms with Gasteiger partial charge in [0.05, 0.1) is 24.4 Å². The quantitative estimate of drug-likeness (QED) is 0.0331. The summed E-state index contributed by atoms with van der Waals surface area (Å²) >= 11 is 0. The molecule has 0 bridgehead atoms. The van der Waals surface area contributed by atoms with Crippen molar-refractivity contribution in [1.29, 1.82) is 0 Å². The highest BCUT2D eigenvalue weighted by Gasteiger charge is 2.45. The van der Waals surface area contributed by atoms with Crippen molar-refractivity contribution in [2.24, 2.45) is 0 Å². The Morgan fingerprint density at radius 2 is 0.514 bits per heavy atom. The lowest BCUT2D eigenvalue weighted by Crippen LogP contribution is -2.72. The molecule has 0 aromatic carbocycles. The van der Waals surface area contributed by atoms with Gasteiger partial charge in [-0.25, -0.2) is 0 Å². The number of piperazine rings is 1. The number of carbonyl (C=O) groups excluding carboxylic acids is 2. The van der Waals surface area contributed by atoms with Gasteiger partial charge >= 0.3 is 0 Å². The molecule has 0 radical (unpaired) electrons. The normalized spacial score (nSPS) is 18.0. The molecule has 1 rings (SSSR count). The van der Waals surface area contributed by atoms with E-state index in [4.69, 9.17) is 0 Å². The fourth-order valence-corrected chi connectivity index (χ4v) is 11.1. The molecule has 70 heavy (non-hydrogen) atoms. The Balaban J connectivity index is 3.23. The molecule has 0 aliphatic carbocycles. The molecule has 0 aromatic heterocycles. The van der Waals surface area contributed by atoms with Crippen LogP contribution in [0.5, 0.6) is 0 Å². The van der Waals surface area contributed by atoms with Crippen LogP contribution in [0.4, 0.5) is 0 Å².